The van der Waals surface area contributed by atoms with Crippen LogP contribution in [-0.4, -0.2) is 44.0 Å². The Morgan fingerprint density at radius 3 is 2.69 bits per heavy atom. The third-order valence-corrected chi connectivity index (χ3v) is 4.77. The summed E-state index contributed by atoms with van der Waals surface area (Å²) in [5.41, 5.74) is 2.47. The number of methoxy groups -OCH3 is 1. The van der Waals surface area contributed by atoms with Gasteiger partial charge in [0.15, 0.2) is 0 Å². The van der Waals surface area contributed by atoms with E-state index in [2.05, 4.69) is 65.3 Å². The fraction of sp³-hybridized carbons (Fsp3) is 0.409. The second kappa shape index (κ2) is 9.27. The van der Waals surface area contributed by atoms with E-state index in [1.165, 1.54) is 29.9 Å². The molecule has 4 heteroatoms. The highest BCUT2D eigenvalue weighted by atomic mass is 16.5. The molecule has 26 heavy (non-hydrogen) atoms. The smallest absolute Gasteiger partial charge is 0.119 e. The zero-order valence-electron chi connectivity index (χ0n) is 15.9. The molecule has 138 valence electrons. The van der Waals surface area contributed by atoms with Crippen LogP contribution in [0.2, 0.25) is 0 Å². The van der Waals surface area contributed by atoms with Gasteiger partial charge in [0.2, 0.25) is 0 Å². The van der Waals surface area contributed by atoms with E-state index in [1.54, 1.807) is 7.11 Å². The Labute approximate surface area is 157 Å². The predicted molar refractivity (Wildman–Crippen MR) is 109 cm³/mol. The molecule has 0 aromatic heterocycles. The molecule has 3 rings (SSSR count). The van der Waals surface area contributed by atoms with Crippen molar-refractivity contribution < 1.29 is 4.74 Å². The summed E-state index contributed by atoms with van der Waals surface area (Å²) in [6.45, 7) is 6.99. The Kier molecular flexibility index (Phi) is 6.53. The monoisotopic (exact) mass is 351 g/mol. The topological polar surface area (TPSA) is 28.1 Å². The van der Waals surface area contributed by atoms with Crippen molar-refractivity contribution >= 4 is 11.5 Å². The Bertz CT molecular complexity index is 714. The van der Waals surface area contributed by atoms with Crippen molar-refractivity contribution in [1.82, 2.24) is 4.90 Å². The van der Waals surface area contributed by atoms with E-state index < -0.39 is 0 Å². The van der Waals surface area contributed by atoms with Crippen LogP contribution in [0.1, 0.15) is 25.3 Å². The molecule has 1 heterocycles. The van der Waals surface area contributed by atoms with Crippen molar-refractivity contribution in [1.29, 1.82) is 0 Å². The lowest BCUT2D eigenvalue weighted by Crippen LogP contribution is -2.38. The molecular formula is C22H29N3O. The number of ether oxygens (including phenoxy) is 1. The van der Waals surface area contributed by atoms with Gasteiger partial charge in [0.05, 0.1) is 20.2 Å². The van der Waals surface area contributed by atoms with Gasteiger partial charge in [-0.1, -0.05) is 43.7 Å². The SMILES string of the molecule is CCCCN1CCN=C1CN(Cc1cccc(OC)c1)c1ccccc1. The maximum atomic E-state index is 5.39. The normalized spacial score (nSPS) is 13.6. The number of amidine groups is 1. The van der Waals surface area contributed by atoms with Crippen LogP contribution < -0.4 is 9.64 Å². The molecule has 0 N–H and O–H groups in total. The van der Waals surface area contributed by atoms with Crippen LogP contribution >= 0.6 is 0 Å². The lowest BCUT2D eigenvalue weighted by atomic mass is 10.1. The van der Waals surface area contributed by atoms with Gasteiger partial charge in [-0.3, -0.25) is 4.99 Å². The van der Waals surface area contributed by atoms with Crippen LogP contribution in [-0.2, 0) is 6.54 Å². The molecule has 0 atom stereocenters. The minimum Gasteiger partial charge on any atom is -0.497 e. The van der Waals surface area contributed by atoms with Gasteiger partial charge >= 0.3 is 0 Å². The van der Waals surface area contributed by atoms with E-state index in [-0.39, 0.29) is 0 Å². The third kappa shape index (κ3) is 4.78. The fourth-order valence-electron chi connectivity index (χ4n) is 3.31. The zero-order valence-corrected chi connectivity index (χ0v) is 15.9. The number of unbranched alkanes of at least 4 members (excludes halogenated alkanes) is 1. The zero-order chi connectivity index (χ0) is 18.2. The van der Waals surface area contributed by atoms with Crippen LogP contribution in [0.3, 0.4) is 0 Å². The van der Waals surface area contributed by atoms with Gasteiger partial charge < -0.3 is 14.5 Å². The molecular weight excluding hydrogens is 322 g/mol. The van der Waals surface area contributed by atoms with Gasteiger partial charge in [-0.2, -0.15) is 0 Å². The maximum absolute atomic E-state index is 5.39. The quantitative estimate of drug-likeness (QED) is 0.677. The summed E-state index contributed by atoms with van der Waals surface area (Å²) in [6, 6.07) is 18.9. The van der Waals surface area contributed by atoms with E-state index in [0.717, 1.165) is 38.5 Å². The molecule has 4 nitrogen and oxygen atoms in total. The molecule has 2 aromatic carbocycles. The first kappa shape index (κ1) is 18.3. The van der Waals surface area contributed by atoms with E-state index in [9.17, 15) is 0 Å². The molecule has 0 saturated heterocycles. The molecule has 1 aliphatic rings. The largest absolute Gasteiger partial charge is 0.497 e. The summed E-state index contributed by atoms with van der Waals surface area (Å²) < 4.78 is 5.39. The predicted octanol–water partition coefficient (Wildman–Crippen LogP) is 4.22. The summed E-state index contributed by atoms with van der Waals surface area (Å²) in [5, 5.41) is 0. The lowest BCUT2D eigenvalue weighted by molar-refractivity contribution is 0.414. The van der Waals surface area contributed by atoms with E-state index in [4.69, 9.17) is 9.73 Å². The average Bonchev–Trinajstić information content (AvgIpc) is 3.13. The molecule has 0 saturated carbocycles. The Morgan fingerprint density at radius 2 is 1.92 bits per heavy atom. The standard InChI is InChI=1S/C22H29N3O/c1-3-4-14-24-15-13-23-22(24)18-25(20-10-6-5-7-11-20)17-19-9-8-12-21(16-19)26-2/h5-12,16H,3-4,13-15,17-18H2,1-2H3. The van der Waals surface area contributed by atoms with Crippen LogP contribution in [0.15, 0.2) is 59.6 Å². The molecule has 0 amide bonds. The number of aliphatic imine (C=N–C) groups is 1. The van der Waals surface area contributed by atoms with Crippen LogP contribution in [0.4, 0.5) is 5.69 Å². The second-order valence-corrected chi connectivity index (χ2v) is 6.68. The second-order valence-electron chi connectivity index (χ2n) is 6.68. The van der Waals surface area contributed by atoms with Gasteiger partial charge in [0.25, 0.3) is 0 Å². The van der Waals surface area contributed by atoms with E-state index >= 15 is 0 Å². The van der Waals surface area contributed by atoms with Gasteiger partial charge in [-0.25, -0.2) is 0 Å². The highest BCUT2D eigenvalue weighted by Crippen LogP contribution is 2.20. The molecule has 0 spiro atoms. The van der Waals surface area contributed by atoms with Crippen molar-refractivity contribution in [3.8, 4) is 5.75 Å². The maximum Gasteiger partial charge on any atom is 0.119 e. The Morgan fingerprint density at radius 1 is 1.08 bits per heavy atom. The first-order chi connectivity index (χ1) is 12.8. The minimum absolute atomic E-state index is 0.835. The van der Waals surface area contributed by atoms with Crippen molar-refractivity contribution in [3.05, 3.63) is 60.2 Å². The molecule has 0 fully saturated rings. The Balaban J connectivity index is 1.78. The number of hydrogen-bond donors (Lipinski definition) is 0. The number of hydrogen-bond acceptors (Lipinski definition) is 4. The third-order valence-electron chi connectivity index (χ3n) is 4.77. The first-order valence-corrected chi connectivity index (χ1v) is 9.51. The highest BCUT2D eigenvalue weighted by Gasteiger charge is 2.19. The van der Waals surface area contributed by atoms with Gasteiger partial charge in [-0.15, -0.1) is 0 Å². The number of para-hydroxylation sites is 1. The van der Waals surface area contributed by atoms with Gasteiger partial charge in [0, 0.05) is 25.3 Å². The van der Waals surface area contributed by atoms with E-state index in [1.807, 2.05) is 6.07 Å². The summed E-state index contributed by atoms with van der Waals surface area (Å²) in [4.78, 5) is 9.64. The number of nitrogens with zero attached hydrogens (tertiary/aromatic N) is 3. The van der Waals surface area contributed by atoms with Crippen molar-refractivity contribution in [2.24, 2.45) is 4.99 Å². The highest BCUT2D eigenvalue weighted by molar-refractivity contribution is 5.88. The molecule has 0 bridgehead atoms. The minimum atomic E-state index is 0.835. The summed E-state index contributed by atoms with van der Waals surface area (Å²) >= 11 is 0. The number of benzene rings is 2. The molecule has 0 aliphatic carbocycles. The lowest BCUT2D eigenvalue weighted by Gasteiger charge is -2.29. The molecule has 1 aliphatic heterocycles. The molecule has 2 aromatic rings. The van der Waals surface area contributed by atoms with Crippen LogP contribution in [0, 0.1) is 0 Å². The summed E-state index contributed by atoms with van der Waals surface area (Å²) in [6.07, 6.45) is 2.44. The van der Waals surface area contributed by atoms with Crippen LogP contribution in [0.25, 0.3) is 0 Å². The summed E-state index contributed by atoms with van der Waals surface area (Å²) in [7, 11) is 1.72. The first-order valence-electron chi connectivity index (χ1n) is 9.51. The average molecular weight is 351 g/mol. The summed E-state index contributed by atoms with van der Waals surface area (Å²) in [5.74, 6) is 2.11. The van der Waals surface area contributed by atoms with Gasteiger partial charge in [0.1, 0.15) is 11.6 Å². The Hall–Kier alpha value is -2.49. The number of rotatable bonds is 9. The van der Waals surface area contributed by atoms with Gasteiger partial charge in [-0.05, 0) is 36.2 Å². The molecule has 0 unspecified atom stereocenters. The number of anilines is 1. The van der Waals surface area contributed by atoms with Crippen molar-refractivity contribution in [2.75, 3.05) is 38.2 Å². The van der Waals surface area contributed by atoms with Crippen LogP contribution in [0.5, 0.6) is 5.75 Å². The van der Waals surface area contributed by atoms with Crippen molar-refractivity contribution in [3.63, 3.8) is 0 Å². The fourth-order valence-corrected chi connectivity index (χ4v) is 3.31. The van der Waals surface area contributed by atoms with Crippen molar-refractivity contribution in [2.45, 2.75) is 26.3 Å². The molecule has 0 radical (unpaired) electrons. The van der Waals surface area contributed by atoms with E-state index in [0.29, 0.717) is 0 Å².